The molecule has 0 atom stereocenters. The highest BCUT2D eigenvalue weighted by molar-refractivity contribution is 6.31. The van der Waals surface area contributed by atoms with E-state index in [1.165, 1.54) is 6.92 Å². The lowest BCUT2D eigenvalue weighted by molar-refractivity contribution is -0.114. The van der Waals surface area contributed by atoms with Gasteiger partial charge in [-0.2, -0.15) is 0 Å². The number of amides is 2. The largest absolute Gasteiger partial charge is 0.326 e. The number of benzene rings is 2. The molecule has 1 aliphatic carbocycles. The van der Waals surface area contributed by atoms with Gasteiger partial charge >= 0.3 is 0 Å². The summed E-state index contributed by atoms with van der Waals surface area (Å²) in [6, 6.07) is 11.0. The average Bonchev–Trinajstić information content (AvgIpc) is 3.13. The quantitative estimate of drug-likeness (QED) is 0.628. The Kier molecular flexibility index (Phi) is 5.24. The molecule has 0 bridgehead atoms. The third kappa shape index (κ3) is 3.83. The molecule has 148 valence electrons. The first-order valence-corrected chi connectivity index (χ1v) is 10.2. The molecular formula is C23H22ClN3O2. The molecule has 6 heteroatoms. The van der Waals surface area contributed by atoms with Crippen molar-refractivity contribution in [2.75, 3.05) is 10.6 Å². The highest BCUT2D eigenvalue weighted by Gasteiger charge is 2.24. The van der Waals surface area contributed by atoms with Crippen LogP contribution in [0.5, 0.6) is 0 Å². The van der Waals surface area contributed by atoms with Gasteiger partial charge in [-0.15, -0.1) is 0 Å². The normalized spacial score (nSPS) is 12.7. The van der Waals surface area contributed by atoms with Crippen molar-refractivity contribution in [3.05, 3.63) is 63.8 Å². The lowest BCUT2D eigenvalue weighted by Gasteiger charge is -2.16. The van der Waals surface area contributed by atoms with E-state index in [9.17, 15) is 9.59 Å². The summed E-state index contributed by atoms with van der Waals surface area (Å²) >= 11 is 6.22. The minimum Gasteiger partial charge on any atom is -0.326 e. The molecule has 0 saturated heterocycles. The zero-order valence-electron chi connectivity index (χ0n) is 16.4. The Morgan fingerprint density at radius 3 is 2.69 bits per heavy atom. The number of fused-ring (bicyclic) bond motifs is 2. The fourth-order valence-electron chi connectivity index (χ4n) is 3.96. The van der Waals surface area contributed by atoms with Crippen molar-refractivity contribution >= 4 is 45.7 Å². The number of hydrogen-bond donors (Lipinski definition) is 2. The van der Waals surface area contributed by atoms with Gasteiger partial charge in [0.2, 0.25) is 5.91 Å². The van der Waals surface area contributed by atoms with Crippen LogP contribution in [-0.2, 0) is 24.1 Å². The summed E-state index contributed by atoms with van der Waals surface area (Å²) in [7, 11) is 0. The van der Waals surface area contributed by atoms with Crippen molar-refractivity contribution in [3.8, 4) is 0 Å². The molecule has 1 heterocycles. The first-order chi connectivity index (χ1) is 14.0. The SMILES string of the molecule is CCc1ccc(NC(C)=O)cc1NC(=O)c1c2c(nc3ccc(Cl)cc13)CCC2. The van der Waals surface area contributed by atoms with E-state index in [-0.39, 0.29) is 11.8 Å². The standard InChI is InChI=1S/C23H22ClN3O2/c1-3-14-7-9-16(25-13(2)28)12-21(14)27-23(29)22-17-5-4-6-19(17)26-20-10-8-15(24)11-18(20)22/h7-12H,3-6H2,1-2H3,(H,25,28)(H,27,29). The van der Waals surface area contributed by atoms with E-state index in [2.05, 4.69) is 10.6 Å². The van der Waals surface area contributed by atoms with E-state index < -0.39 is 0 Å². The smallest absolute Gasteiger partial charge is 0.256 e. The molecule has 0 saturated carbocycles. The van der Waals surface area contributed by atoms with Crippen molar-refractivity contribution in [2.24, 2.45) is 0 Å². The van der Waals surface area contributed by atoms with Crippen LogP contribution < -0.4 is 10.6 Å². The van der Waals surface area contributed by atoms with Gasteiger partial charge in [-0.05, 0) is 67.1 Å². The number of aromatic nitrogens is 1. The maximum absolute atomic E-state index is 13.4. The van der Waals surface area contributed by atoms with Gasteiger partial charge < -0.3 is 10.6 Å². The molecule has 0 fully saturated rings. The van der Waals surface area contributed by atoms with Gasteiger partial charge in [0.1, 0.15) is 0 Å². The molecule has 0 aliphatic heterocycles. The summed E-state index contributed by atoms with van der Waals surface area (Å²) in [4.78, 5) is 29.6. The second kappa shape index (κ2) is 7.84. The number of halogens is 1. The minimum atomic E-state index is -0.174. The Labute approximate surface area is 174 Å². The summed E-state index contributed by atoms with van der Waals surface area (Å²) in [6.07, 6.45) is 3.47. The monoisotopic (exact) mass is 407 g/mol. The molecule has 1 aliphatic rings. The third-order valence-corrected chi connectivity index (χ3v) is 5.50. The van der Waals surface area contributed by atoms with E-state index in [0.717, 1.165) is 53.4 Å². The van der Waals surface area contributed by atoms with Gasteiger partial charge in [0.05, 0.1) is 11.1 Å². The number of nitrogens with one attached hydrogen (secondary N) is 2. The summed E-state index contributed by atoms with van der Waals surface area (Å²) in [5.41, 5.74) is 5.78. The Balaban J connectivity index is 1.79. The second-order valence-corrected chi connectivity index (χ2v) is 7.72. The van der Waals surface area contributed by atoms with Gasteiger partial charge in [0, 0.05) is 34.4 Å². The number of aryl methyl sites for hydroxylation is 2. The van der Waals surface area contributed by atoms with Crippen molar-refractivity contribution in [3.63, 3.8) is 0 Å². The van der Waals surface area contributed by atoms with Crippen molar-refractivity contribution in [1.82, 2.24) is 4.98 Å². The molecule has 3 aromatic rings. The summed E-state index contributed by atoms with van der Waals surface area (Å²) in [5.74, 6) is -0.327. The van der Waals surface area contributed by atoms with Crippen LogP contribution in [0.2, 0.25) is 5.02 Å². The van der Waals surface area contributed by atoms with Crippen molar-refractivity contribution in [2.45, 2.75) is 39.5 Å². The predicted molar refractivity (Wildman–Crippen MR) is 117 cm³/mol. The van der Waals surface area contributed by atoms with Crippen LogP contribution in [0.1, 0.15) is 47.4 Å². The molecule has 0 spiro atoms. The van der Waals surface area contributed by atoms with Crippen LogP contribution in [0.25, 0.3) is 10.9 Å². The number of carbonyl (C=O) groups is 2. The maximum atomic E-state index is 13.4. The lowest BCUT2D eigenvalue weighted by atomic mass is 10.00. The fraction of sp³-hybridized carbons (Fsp3) is 0.261. The number of hydrogen-bond acceptors (Lipinski definition) is 3. The van der Waals surface area contributed by atoms with Crippen LogP contribution in [0.15, 0.2) is 36.4 Å². The molecule has 4 rings (SSSR count). The zero-order valence-corrected chi connectivity index (χ0v) is 17.2. The van der Waals surface area contributed by atoms with E-state index in [1.807, 2.05) is 31.2 Å². The molecule has 2 amide bonds. The van der Waals surface area contributed by atoms with E-state index in [1.54, 1.807) is 12.1 Å². The van der Waals surface area contributed by atoms with Crippen LogP contribution in [-0.4, -0.2) is 16.8 Å². The molecule has 29 heavy (non-hydrogen) atoms. The first kappa shape index (κ1) is 19.4. The Hall–Kier alpha value is -2.92. The van der Waals surface area contributed by atoms with Crippen LogP contribution in [0.3, 0.4) is 0 Å². The summed E-state index contributed by atoms with van der Waals surface area (Å²) in [5, 5.41) is 7.19. The number of nitrogens with zero attached hydrogens (tertiary/aromatic N) is 1. The Bertz CT molecular complexity index is 1140. The Morgan fingerprint density at radius 2 is 1.93 bits per heavy atom. The van der Waals surface area contributed by atoms with E-state index >= 15 is 0 Å². The molecule has 2 N–H and O–H groups in total. The summed E-state index contributed by atoms with van der Waals surface area (Å²) in [6.45, 7) is 3.49. The predicted octanol–water partition coefficient (Wildman–Crippen LogP) is 5.15. The number of anilines is 2. The van der Waals surface area contributed by atoms with Gasteiger partial charge in [0.15, 0.2) is 0 Å². The van der Waals surface area contributed by atoms with Crippen molar-refractivity contribution < 1.29 is 9.59 Å². The molecule has 5 nitrogen and oxygen atoms in total. The topological polar surface area (TPSA) is 71.1 Å². The van der Waals surface area contributed by atoms with Gasteiger partial charge in [0.25, 0.3) is 5.91 Å². The third-order valence-electron chi connectivity index (χ3n) is 5.26. The van der Waals surface area contributed by atoms with Crippen molar-refractivity contribution in [1.29, 1.82) is 0 Å². The first-order valence-electron chi connectivity index (χ1n) is 9.79. The van der Waals surface area contributed by atoms with Gasteiger partial charge in [-0.25, -0.2) is 0 Å². The fourth-order valence-corrected chi connectivity index (χ4v) is 4.13. The van der Waals surface area contributed by atoms with Gasteiger partial charge in [-0.1, -0.05) is 24.6 Å². The average molecular weight is 408 g/mol. The highest BCUT2D eigenvalue weighted by atomic mass is 35.5. The molecule has 2 aromatic carbocycles. The summed E-state index contributed by atoms with van der Waals surface area (Å²) < 4.78 is 0. The van der Waals surface area contributed by atoms with Crippen LogP contribution >= 0.6 is 11.6 Å². The number of rotatable bonds is 4. The Morgan fingerprint density at radius 1 is 1.10 bits per heavy atom. The molecule has 1 aromatic heterocycles. The number of pyridine rings is 1. The second-order valence-electron chi connectivity index (χ2n) is 7.29. The van der Waals surface area contributed by atoms with Crippen LogP contribution in [0.4, 0.5) is 11.4 Å². The van der Waals surface area contributed by atoms with Gasteiger partial charge in [-0.3, -0.25) is 14.6 Å². The molecular weight excluding hydrogens is 386 g/mol. The maximum Gasteiger partial charge on any atom is 0.256 e. The number of carbonyl (C=O) groups excluding carboxylic acids is 2. The van der Waals surface area contributed by atoms with Crippen LogP contribution in [0, 0.1) is 0 Å². The van der Waals surface area contributed by atoms with E-state index in [4.69, 9.17) is 16.6 Å². The van der Waals surface area contributed by atoms with E-state index in [0.29, 0.717) is 22.0 Å². The lowest BCUT2D eigenvalue weighted by Crippen LogP contribution is -2.17. The zero-order chi connectivity index (χ0) is 20.5. The molecule has 0 unspecified atom stereocenters. The molecule has 0 radical (unpaired) electrons. The minimum absolute atomic E-state index is 0.154. The highest BCUT2D eigenvalue weighted by Crippen LogP contribution is 2.32.